The van der Waals surface area contributed by atoms with Crippen molar-refractivity contribution in [2.24, 2.45) is 0 Å². The van der Waals surface area contributed by atoms with Crippen LogP contribution in [0.2, 0.25) is 5.02 Å². The Balaban J connectivity index is 0.00000342. The Kier molecular flexibility index (Phi) is 8.60. The van der Waals surface area contributed by atoms with Crippen molar-refractivity contribution in [3.05, 3.63) is 51.7 Å². The van der Waals surface area contributed by atoms with Gasteiger partial charge < -0.3 is 20.6 Å². The number of piperazine rings is 1. The minimum atomic E-state index is -0.823. The van der Waals surface area contributed by atoms with Gasteiger partial charge in [0.25, 0.3) is 5.91 Å². The molecule has 12 heteroatoms. The number of carboxylic acid groups (broad SMARTS) is 1. The molecule has 186 valence electrons. The van der Waals surface area contributed by atoms with Gasteiger partial charge in [-0.25, -0.2) is 15.0 Å². The Morgan fingerprint density at radius 1 is 1.17 bits per heavy atom. The zero-order valence-corrected chi connectivity index (χ0v) is 20.3. The molecule has 10 nitrogen and oxygen atoms in total. The molecule has 1 fully saturated rings. The predicted molar refractivity (Wildman–Crippen MR) is 139 cm³/mol. The van der Waals surface area contributed by atoms with Crippen molar-refractivity contribution >= 4 is 57.3 Å². The van der Waals surface area contributed by atoms with Gasteiger partial charge in [-0.05, 0) is 25.5 Å². The highest BCUT2D eigenvalue weighted by Gasteiger charge is 2.21. The van der Waals surface area contributed by atoms with Crippen LogP contribution in [0.4, 0.5) is 22.5 Å². The number of halogens is 1. The highest BCUT2D eigenvalue weighted by atomic mass is 35.5. The van der Waals surface area contributed by atoms with Crippen molar-refractivity contribution < 1.29 is 14.7 Å². The predicted octanol–water partition coefficient (Wildman–Crippen LogP) is 4.04. The van der Waals surface area contributed by atoms with E-state index < -0.39 is 5.97 Å². The minimum Gasteiger partial charge on any atom is -0.480 e. The fraction of sp³-hybridized carbons (Fsp3) is 0.348. The van der Waals surface area contributed by atoms with Crippen LogP contribution in [-0.2, 0) is 4.79 Å². The van der Waals surface area contributed by atoms with E-state index in [-0.39, 0.29) is 19.9 Å². The smallest absolute Gasteiger partial charge is 0.317 e. The maximum atomic E-state index is 12.7. The molecule has 0 radical (unpaired) electrons. The van der Waals surface area contributed by atoms with Gasteiger partial charge in [0.05, 0.1) is 23.5 Å². The molecule has 3 N–H and O–H groups in total. The minimum absolute atomic E-state index is 0. The normalized spacial score (nSPS) is 13.7. The summed E-state index contributed by atoms with van der Waals surface area (Å²) in [6, 6.07) is 7.26. The first-order chi connectivity index (χ1) is 16.3. The molecule has 1 aromatic carbocycles. The van der Waals surface area contributed by atoms with Crippen molar-refractivity contribution in [1.29, 1.82) is 0 Å². The number of aromatic nitrogens is 3. The summed E-state index contributed by atoms with van der Waals surface area (Å²) in [5.74, 6) is 0.806. The third kappa shape index (κ3) is 6.65. The molecule has 0 spiro atoms. The van der Waals surface area contributed by atoms with Gasteiger partial charge in [0.1, 0.15) is 22.3 Å². The molecular weight excluding hydrogens is 490 g/mol. The number of carboxylic acids is 1. The number of carbonyl (C=O) groups excluding carboxylic acids is 1. The summed E-state index contributed by atoms with van der Waals surface area (Å²) in [6.07, 6.45) is 1.51. The molecule has 0 bridgehead atoms. The van der Waals surface area contributed by atoms with Gasteiger partial charge in [-0.1, -0.05) is 42.5 Å². The summed E-state index contributed by atoms with van der Waals surface area (Å²) in [5, 5.41) is 16.0. The van der Waals surface area contributed by atoms with Crippen molar-refractivity contribution in [3.8, 4) is 0 Å². The molecule has 3 heterocycles. The van der Waals surface area contributed by atoms with Gasteiger partial charge in [0.2, 0.25) is 0 Å². The second-order valence-corrected chi connectivity index (χ2v) is 9.29. The highest BCUT2D eigenvalue weighted by molar-refractivity contribution is 7.17. The SMILES string of the molecule is C.Cc1nc(Nc2ncc(C(=O)Nc3c(C)cccc3Cl)s2)cc(N2CCN(CC(=O)O)CC2)n1. The lowest BCUT2D eigenvalue weighted by molar-refractivity contribution is -0.138. The van der Waals surface area contributed by atoms with Crippen molar-refractivity contribution in [3.63, 3.8) is 0 Å². The number of aliphatic carboxylic acids is 1. The fourth-order valence-electron chi connectivity index (χ4n) is 3.62. The number of amides is 1. The lowest BCUT2D eigenvalue weighted by Gasteiger charge is -2.34. The van der Waals surface area contributed by atoms with Crippen LogP contribution in [0.5, 0.6) is 0 Å². The van der Waals surface area contributed by atoms with Gasteiger partial charge in [0.15, 0.2) is 5.13 Å². The second kappa shape index (κ2) is 11.4. The number of para-hydroxylation sites is 1. The van der Waals surface area contributed by atoms with Crippen LogP contribution in [0.1, 0.15) is 28.5 Å². The molecule has 1 saturated heterocycles. The Hall–Kier alpha value is -3.28. The summed E-state index contributed by atoms with van der Waals surface area (Å²) < 4.78 is 0. The van der Waals surface area contributed by atoms with Crippen LogP contribution in [0.25, 0.3) is 0 Å². The number of nitrogens with zero attached hydrogens (tertiary/aromatic N) is 5. The largest absolute Gasteiger partial charge is 0.480 e. The number of anilines is 4. The van der Waals surface area contributed by atoms with E-state index in [0.29, 0.717) is 58.5 Å². The van der Waals surface area contributed by atoms with Gasteiger partial charge >= 0.3 is 5.97 Å². The third-order valence-corrected chi connectivity index (χ3v) is 6.53. The second-order valence-electron chi connectivity index (χ2n) is 7.86. The van der Waals surface area contributed by atoms with Gasteiger partial charge in [-0.2, -0.15) is 0 Å². The number of rotatable bonds is 7. The van der Waals surface area contributed by atoms with Crippen LogP contribution in [-0.4, -0.2) is 69.6 Å². The molecule has 1 aliphatic rings. The Labute approximate surface area is 213 Å². The average molecular weight is 518 g/mol. The van der Waals surface area contributed by atoms with E-state index in [1.54, 1.807) is 6.07 Å². The number of aryl methyl sites for hydroxylation is 2. The number of nitrogens with one attached hydrogen (secondary N) is 2. The van der Waals surface area contributed by atoms with E-state index in [1.165, 1.54) is 17.5 Å². The molecule has 1 amide bonds. The molecular formula is C23H28ClN7O3S. The van der Waals surface area contributed by atoms with E-state index in [4.69, 9.17) is 16.7 Å². The monoisotopic (exact) mass is 517 g/mol. The van der Waals surface area contributed by atoms with Crippen LogP contribution < -0.4 is 15.5 Å². The molecule has 0 atom stereocenters. The molecule has 4 rings (SSSR count). The summed E-state index contributed by atoms with van der Waals surface area (Å²) in [5.41, 5.74) is 1.45. The Bertz CT molecular complexity index is 1190. The summed E-state index contributed by atoms with van der Waals surface area (Å²) in [4.78, 5) is 41.3. The molecule has 0 saturated carbocycles. The highest BCUT2D eigenvalue weighted by Crippen LogP contribution is 2.28. The first-order valence-electron chi connectivity index (χ1n) is 10.6. The van der Waals surface area contributed by atoms with Crippen molar-refractivity contribution in [2.45, 2.75) is 21.3 Å². The standard InChI is InChI=1S/C22H24ClN7O3S.CH4/c1-13-4-3-5-15(23)20(13)28-21(33)16-11-24-22(34-16)27-17-10-18(26-14(2)25-17)30-8-6-29(7-9-30)12-19(31)32;/h3-5,10-11H,6-9,12H2,1-2H3,(H,28,33)(H,31,32)(H,24,25,26,27);1H4. The molecule has 0 unspecified atom stereocenters. The van der Waals surface area contributed by atoms with E-state index in [1.807, 2.05) is 36.9 Å². The summed E-state index contributed by atoms with van der Waals surface area (Å²) in [6.45, 7) is 6.37. The van der Waals surface area contributed by atoms with E-state index in [9.17, 15) is 9.59 Å². The van der Waals surface area contributed by atoms with Crippen LogP contribution in [0.15, 0.2) is 30.5 Å². The van der Waals surface area contributed by atoms with Gasteiger partial charge in [-0.15, -0.1) is 0 Å². The molecule has 3 aromatic rings. The lowest BCUT2D eigenvalue weighted by Crippen LogP contribution is -2.48. The fourth-order valence-corrected chi connectivity index (χ4v) is 4.60. The number of benzene rings is 1. The average Bonchev–Trinajstić information content (AvgIpc) is 3.24. The molecule has 0 aliphatic carbocycles. The molecule has 35 heavy (non-hydrogen) atoms. The number of thiazole rings is 1. The van der Waals surface area contributed by atoms with E-state index >= 15 is 0 Å². The van der Waals surface area contributed by atoms with E-state index in [2.05, 4.69) is 30.5 Å². The van der Waals surface area contributed by atoms with Crippen molar-refractivity contribution in [1.82, 2.24) is 19.9 Å². The number of hydrogen-bond donors (Lipinski definition) is 3. The van der Waals surface area contributed by atoms with Crippen LogP contribution in [0, 0.1) is 13.8 Å². The zero-order chi connectivity index (χ0) is 24.2. The molecule has 2 aromatic heterocycles. The maximum absolute atomic E-state index is 12.7. The summed E-state index contributed by atoms with van der Waals surface area (Å²) in [7, 11) is 0. The van der Waals surface area contributed by atoms with Gasteiger partial charge in [-0.3, -0.25) is 14.5 Å². The zero-order valence-electron chi connectivity index (χ0n) is 18.7. The topological polar surface area (TPSA) is 124 Å². The Morgan fingerprint density at radius 2 is 1.91 bits per heavy atom. The van der Waals surface area contributed by atoms with Crippen molar-refractivity contribution in [2.75, 3.05) is 48.3 Å². The van der Waals surface area contributed by atoms with Crippen LogP contribution in [0.3, 0.4) is 0 Å². The number of hydrogen-bond acceptors (Lipinski definition) is 9. The van der Waals surface area contributed by atoms with Crippen LogP contribution >= 0.6 is 22.9 Å². The number of carbonyl (C=O) groups is 2. The maximum Gasteiger partial charge on any atom is 0.317 e. The van der Waals surface area contributed by atoms with E-state index in [0.717, 1.165) is 11.4 Å². The first kappa shape index (κ1) is 26.3. The van der Waals surface area contributed by atoms with Gasteiger partial charge in [0, 0.05) is 32.2 Å². The quantitative estimate of drug-likeness (QED) is 0.426. The lowest BCUT2D eigenvalue weighted by atomic mass is 10.2. The molecule has 1 aliphatic heterocycles. The first-order valence-corrected chi connectivity index (χ1v) is 11.8. The summed E-state index contributed by atoms with van der Waals surface area (Å²) >= 11 is 7.42. The Morgan fingerprint density at radius 3 is 2.60 bits per heavy atom. The third-order valence-electron chi connectivity index (χ3n) is 5.30.